The van der Waals surface area contributed by atoms with E-state index in [1.165, 1.54) is 33.3 Å². The predicted octanol–water partition coefficient (Wildman–Crippen LogP) is 5.88. The fourth-order valence-corrected chi connectivity index (χ4v) is 11.3. The molecule has 0 aromatic heterocycles. The van der Waals surface area contributed by atoms with Crippen molar-refractivity contribution in [1.82, 2.24) is 5.32 Å². The van der Waals surface area contributed by atoms with Crippen LogP contribution in [-0.2, 0) is 66.5 Å². The molecule has 2 bridgehead atoms. The molecular weight excluding hydrogens is 927 g/mol. The van der Waals surface area contributed by atoms with E-state index >= 15 is 9.59 Å². The highest BCUT2D eigenvalue weighted by atomic mass is 16.8. The third kappa shape index (κ3) is 10.1. The molecular formula is C52H67NO18. The van der Waals surface area contributed by atoms with Gasteiger partial charge in [0.2, 0.25) is 6.10 Å². The molecule has 0 radical (unpaired) electrons. The number of carbonyl (C=O) groups excluding carboxylic acids is 6. The van der Waals surface area contributed by atoms with Crippen LogP contribution >= 0.6 is 0 Å². The highest BCUT2D eigenvalue weighted by Crippen LogP contribution is 2.65. The first kappa shape index (κ1) is 53.4. The molecule has 2 aromatic rings. The van der Waals surface area contributed by atoms with E-state index in [0.29, 0.717) is 5.56 Å². The van der Waals surface area contributed by atoms with E-state index in [-0.39, 0.29) is 43.0 Å². The van der Waals surface area contributed by atoms with E-state index in [1.807, 2.05) is 0 Å². The van der Waals surface area contributed by atoms with Crippen molar-refractivity contribution < 1.29 is 86.0 Å². The topological polar surface area (TPSA) is 236 Å². The largest absolute Gasteiger partial charge is 0.509 e. The molecule has 2 N–H and O–H groups in total. The number of rotatable bonds is 13. The van der Waals surface area contributed by atoms with Crippen molar-refractivity contribution in [3.05, 3.63) is 82.9 Å². The Hall–Kier alpha value is -5.44. The molecule has 19 heteroatoms. The molecule has 1 amide bonds. The van der Waals surface area contributed by atoms with Crippen LogP contribution in [0.4, 0.5) is 9.59 Å². The van der Waals surface area contributed by atoms with Crippen LogP contribution in [-0.4, -0.2) is 140 Å². The molecule has 5 aliphatic rings. The van der Waals surface area contributed by atoms with Crippen molar-refractivity contribution in [2.24, 2.45) is 16.7 Å². The van der Waals surface area contributed by atoms with Crippen LogP contribution in [0.5, 0.6) is 0 Å². The lowest BCUT2D eigenvalue weighted by molar-refractivity contribution is -0.347. The fourth-order valence-electron chi connectivity index (χ4n) is 11.3. The SMILES string of the molecule is CO[C@H]1C(=O)[C@@]2(C)C([C@H](OC(=O)c3ccccc3)C3(O)C[C@H](OC(=O)[C@H](OC(=O)OC[C@H]4COC(C)(C)O4)[C@@H](NC(=O)OC(C)(C)C)c4ccccc4)C(C)=C1C3(C)C)[C@]1(OC(C)=O)CO[C@@H]1C[C@@H]2OC. The van der Waals surface area contributed by atoms with Crippen LogP contribution in [0.25, 0.3) is 0 Å². The summed E-state index contributed by atoms with van der Waals surface area (Å²) in [6.45, 7) is 15.7. The predicted molar refractivity (Wildman–Crippen MR) is 248 cm³/mol. The Balaban J connectivity index is 1.37. The van der Waals surface area contributed by atoms with Gasteiger partial charge >= 0.3 is 30.2 Å². The Bertz CT molecular complexity index is 2380. The van der Waals surface area contributed by atoms with Gasteiger partial charge in [0, 0.05) is 39.4 Å². The van der Waals surface area contributed by atoms with Gasteiger partial charge in [0.25, 0.3) is 0 Å². The van der Waals surface area contributed by atoms with Crippen molar-refractivity contribution >= 4 is 35.9 Å². The zero-order valence-corrected chi connectivity index (χ0v) is 42.4. The number of benzene rings is 2. The quantitative estimate of drug-likeness (QED) is 0.135. The number of esters is 3. The van der Waals surface area contributed by atoms with Crippen molar-refractivity contribution in [3.63, 3.8) is 0 Å². The van der Waals surface area contributed by atoms with Crippen molar-refractivity contribution in [2.75, 3.05) is 34.0 Å². The average Bonchev–Trinajstić information content (AvgIpc) is 3.65. The first-order chi connectivity index (χ1) is 33.2. The minimum absolute atomic E-state index is 0.0849. The number of methoxy groups -OCH3 is 2. The molecule has 19 nitrogen and oxygen atoms in total. The number of fused-ring (bicyclic) bond motifs is 5. The number of hydrogen-bond donors (Lipinski definition) is 2. The maximum atomic E-state index is 15.8. The number of aliphatic hydroxyl groups is 1. The number of alkyl carbamates (subject to hydrolysis) is 1. The lowest BCUT2D eigenvalue weighted by Gasteiger charge is -2.67. The number of Topliss-reactive ketones (excluding diaryl/α,β-unsaturated/α-hetero) is 1. The van der Waals surface area contributed by atoms with Crippen molar-refractivity contribution in [2.45, 2.75) is 153 Å². The molecule has 2 aromatic carbocycles. The highest BCUT2D eigenvalue weighted by Gasteiger charge is 2.78. The second kappa shape index (κ2) is 19.9. The van der Waals surface area contributed by atoms with Gasteiger partial charge in [0.15, 0.2) is 17.2 Å². The summed E-state index contributed by atoms with van der Waals surface area (Å²) in [5.41, 5.74) is -7.35. The van der Waals surface area contributed by atoms with Gasteiger partial charge in [-0.15, -0.1) is 0 Å². The summed E-state index contributed by atoms with van der Waals surface area (Å²) in [5.74, 6) is -5.69. The summed E-state index contributed by atoms with van der Waals surface area (Å²) in [4.78, 5) is 86.0. The minimum Gasteiger partial charge on any atom is -0.455 e. The van der Waals surface area contributed by atoms with Gasteiger partial charge in [0.05, 0.1) is 36.2 Å². The van der Waals surface area contributed by atoms with Crippen LogP contribution in [0, 0.1) is 16.7 Å². The van der Waals surface area contributed by atoms with E-state index < -0.39 is 130 Å². The van der Waals surface area contributed by atoms with Crippen LogP contribution in [0.1, 0.15) is 104 Å². The van der Waals surface area contributed by atoms with E-state index in [1.54, 1.807) is 111 Å². The Kier molecular flexibility index (Phi) is 14.9. The molecule has 71 heavy (non-hydrogen) atoms. The summed E-state index contributed by atoms with van der Waals surface area (Å²) in [5, 5.41) is 16.7. The Morgan fingerprint density at radius 1 is 0.915 bits per heavy atom. The number of ether oxygens (including phenoxy) is 11. The Labute approximate surface area is 413 Å². The third-order valence-corrected chi connectivity index (χ3v) is 14.7. The molecule has 7 rings (SSSR count). The molecule has 2 aliphatic heterocycles. The van der Waals surface area contributed by atoms with Crippen molar-refractivity contribution in [1.29, 1.82) is 0 Å². The van der Waals surface area contributed by atoms with Gasteiger partial charge in [-0.25, -0.2) is 19.2 Å². The smallest absolute Gasteiger partial charge is 0.455 e. The summed E-state index contributed by atoms with van der Waals surface area (Å²) >= 11 is 0. The van der Waals surface area contributed by atoms with Gasteiger partial charge in [-0.3, -0.25) is 9.59 Å². The summed E-state index contributed by atoms with van der Waals surface area (Å²) in [6.07, 6.45) is -11.9. The van der Waals surface area contributed by atoms with Crippen LogP contribution in [0.2, 0.25) is 0 Å². The Morgan fingerprint density at radius 3 is 2.11 bits per heavy atom. The molecule has 2 heterocycles. The normalized spacial score (nSPS) is 32.5. The summed E-state index contributed by atoms with van der Waals surface area (Å²) in [7, 11) is 2.75. The Morgan fingerprint density at radius 2 is 1.56 bits per heavy atom. The lowest BCUT2D eigenvalue weighted by Crippen LogP contribution is -2.82. The van der Waals surface area contributed by atoms with Gasteiger partial charge in [-0.1, -0.05) is 62.4 Å². The monoisotopic (exact) mass is 993 g/mol. The summed E-state index contributed by atoms with van der Waals surface area (Å²) in [6, 6.07) is 14.7. The minimum atomic E-state index is -2.32. The first-order valence-corrected chi connectivity index (χ1v) is 23.7. The van der Waals surface area contributed by atoms with E-state index in [2.05, 4.69) is 5.32 Å². The van der Waals surface area contributed by atoms with Crippen LogP contribution in [0.15, 0.2) is 71.8 Å². The maximum Gasteiger partial charge on any atom is 0.509 e. The van der Waals surface area contributed by atoms with Gasteiger partial charge in [0.1, 0.15) is 54.4 Å². The zero-order valence-electron chi connectivity index (χ0n) is 42.4. The van der Waals surface area contributed by atoms with Crippen LogP contribution in [0.3, 0.4) is 0 Å². The average molecular weight is 994 g/mol. The third-order valence-electron chi connectivity index (χ3n) is 14.7. The first-order valence-electron chi connectivity index (χ1n) is 23.7. The molecule has 0 spiro atoms. The van der Waals surface area contributed by atoms with Gasteiger partial charge < -0.3 is 62.5 Å². The van der Waals surface area contributed by atoms with E-state index in [0.717, 1.165) is 0 Å². The number of ketones is 1. The molecule has 4 fully saturated rings. The molecule has 2 saturated heterocycles. The molecule has 3 aliphatic carbocycles. The second-order valence-electron chi connectivity index (χ2n) is 21.1. The molecule has 2 saturated carbocycles. The van der Waals surface area contributed by atoms with E-state index in [4.69, 9.17) is 52.1 Å². The maximum absolute atomic E-state index is 15.8. The number of nitrogens with one attached hydrogen (secondary N) is 1. The summed E-state index contributed by atoms with van der Waals surface area (Å²) < 4.78 is 65.8. The van der Waals surface area contributed by atoms with E-state index in [9.17, 15) is 24.3 Å². The fraction of sp³-hybridized carbons (Fsp3) is 0.615. The highest BCUT2D eigenvalue weighted by molar-refractivity contribution is 5.94. The molecule has 2 unspecified atom stereocenters. The van der Waals surface area contributed by atoms with Crippen LogP contribution < -0.4 is 5.32 Å². The molecule has 12 atom stereocenters. The number of carbonyl (C=O) groups is 6. The number of hydrogen-bond acceptors (Lipinski definition) is 18. The second-order valence-corrected chi connectivity index (χ2v) is 21.1. The zero-order chi connectivity index (χ0) is 52.1. The van der Waals surface area contributed by atoms with Gasteiger partial charge in [-0.2, -0.15) is 0 Å². The van der Waals surface area contributed by atoms with Gasteiger partial charge in [-0.05, 0) is 77.3 Å². The molecule has 388 valence electrons. The standard InChI is InChI=1S/C52H67NO18/c1-28-33(66-44(57)39(67-46(59)63-25-32-26-65-49(8,9)70-32)37(30-19-15-13-16-20-30)53-45(58)71-47(3,4)5)24-52(60)42(68-43(56)31-21-17-14-18-22-31)40-50(10,41(55)38(62-12)36(28)48(52,6)7)34(61-11)23-35-51(40,27-64-35)69-29(2)54/h13-22,32-35,37-40,42,60H,23-27H2,1-12H3,(H,53,58)/t32-,33-,34-,35+,37-,38+,39+,40?,42-,50+,51-,52?/m0/s1. The number of amides is 1. The lowest BCUT2D eigenvalue weighted by atomic mass is 9.44. The van der Waals surface area contributed by atoms with Crippen molar-refractivity contribution in [3.8, 4) is 0 Å².